The van der Waals surface area contributed by atoms with Gasteiger partial charge in [0.1, 0.15) is 5.82 Å². The third-order valence-corrected chi connectivity index (χ3v) is 3.22. The summed E-state index contributed by atoms with van der Waals surface area (Å²) in [5.74, 6) is 2.29. The molecule has 1 aliphatic heterocycles. The van der Waals surface area contributed by atoms with E-state index >= 15 is 0 Å². The van der Waals surface area contributed by atoms with Gasteiger partial charge in [0.2, 0.25) is 0 Å². The predicted molar refractivity (Wildman–Crippen MR) is 66.7 cm³/mol. The Kier molecular flexibility index (Phi) is 2.88. The summed E-state index contributed by atoms with van der Waals surface area (Å²) < 4.78 is 0. The second kappa shape index (κ2) is 4.67. The molecular weight excluding hydrogens is 212 g/mol. The first kappa shape index (κ1) is 10.5. The van der Waals surface area contributed by atoms with E-state index in [2.05, 4.69) is 20.5 Å². The molecule has 0 saturated carbocycles. The first-order valence-corrected chi connectivity index (χ1v) is 6.12. The number of nitrogens with one attached hydrogen (secondary N) is 2. The molecule has 2 N–H and O–H groups in total. The average Bonchev–Trinajstić information content (AvgIpc) is 2.90. The van der Waals surface area contributed by atoms with Gasteiger partial charge in [0.25, 0.3) is 0 Å². The Morgan fingerprint density at radius 3 is 2.82 bits per heavy atom. The van der Waals surface area contributed by atoms with Gasteiger partial charge < -0.3 is 5.32 Å². The number of aromatic amines is 1. The third kappa shape index (κ3) is 2.22. The molecule has 4 nitrogen and oxygen atoms in total. The van der Waals surface area contributed by atoms with Crippen LogP contribution in [0.4, 0.5) is 0 Å². The Morgan fingerprint density at radius 2 is 2.06 bits per heavy atom. The first-order valence-electron chi connectivity index (χ1n) is 6.12. The largest absolute Gasteiger partial charge is 0.316 e. The molecule has 0 bridgehead atoms. The number of rotatable bonds is 2. The van der Waals surface area contributed by atoms with Gasteiger partial charge in [0.15, 0.2) is 5.82 Å². The number of hydrogen-bond acceptors (Lipinski definition) is 3. The Balaban J connectivity index is 1.83. The van der Waals surface area contributed by atoms with Crippen LogP contribution in [0.1, 0.15) is 24.6 Å². The summed E-state index contributed by atoms with van der Waals surface area (Å²) >= 11 is 0. The van der Waals surface area contributed by atoms with Crippen LogP contribution in [0.2, 0.25) is 0 Å². The highest BCUT2D eigenvalue weighted by molar-refractivity contribution is 5.53. The second-order valence-electron chi connectivity index (χ2n) is 4.45. The summed E-state index contributed by atoms with van der Waals surface area (Å²) in [4.78, 5) is 4.60. The third-order valence-electron chi connectivity index (χ3n) is 3.22. The fraction of sp³-hybridized carbons (Fsp3) is 0.385. The number of piperidine rings is 1. The van der Waals surface area contributed by atoms with E-state index in [1.165, 1.54) is 12.8 Å². The highest BCUT2D eigenvalue weighted by Gasteiger charge is 2.18. The van der Waals surface area contributed by atoms with Crippen molar-refractivity contribution in [3.05, 3.63) is 36.2 Å². The molecule has 0 amide bonds. The molecular formula is C13H16N4. The van der Waals surface area contributed by atoms with Crippen LogP contribution >= 0.6 is 0 Å². The van der Waals surface area contributed by atoms with Crippen LogP contribution in [-0.4, -0.2) is 28.3 Å². The summed E-state index contributed by atoms with van der Waals surface area (Å²) in [5, 5.41) is 10.8. The Morgan fingerprint density at radius 1 is 1.18 bits per heavy atom. The maximum absolute atomic E-state index is 4.60. The van der Waals surface area contributed by atoms with Crippen molar-refractivity contribution < 1.29 is 0 Å². The molecule has 0 aliphatic carbocycles. The van der Waals surface area contributed by atoms with Crippen molar-refractivity contribution in [3.63, 3.8) is 0 Å². The highest BCUT2D eigenvalue weighted by Crippen LogP contribution is 2.22. The lowest BCUT2D eigenvalue weighted by atomic mass is 9.99. The second-order valence-corrected chi connectivity index (χ2v) is 4.45. The molecule has 88 valence electrons. The summed E-state index contributed by atoms with van der Waals surface area (Å²) in [5.41, 5.74) is 1.07. The molecule has 3 rings (SSSR count). The number of nitrogens with zero attached hydrogens (tertiary/aromatic N) is 2. The quantitative estimate of drug-likeness (QED) is 0.826. The van der Waals surface area contributed by atoms with Crippen molar-refractivity contribution in [2.75, 3.05) is 13.1 Å². The summed E-state index contributed by atoms with van der Waals surface area (Å²) in [7, 11) is 0. The summed E-state index contributed by atoms with van der Waals surface area (Å²) in [6.45, 7) is 2.12. The van der Waals surface area contributed by atoms with E-state index in [0.29, 0.717) is 5.92 Å². The minimum Gasteiger partial charge on any atom is -0.316 e. The van der Waals surface area contributed by atoms with E-state index in [4.69, 9.17) is 0 Å². The molecule has 1 atom stereocenters. The number of hydrogen-bond donors (Lipinski definition) is 2. The lowest BCUT2D eigenvalue weighted by Gasteiger charge is -2.20. The minimum atomic E-state index is 0.480. The van der Waals surface area contributed by atoms with E-state index in [1.54, 1.807) is 0 Å². The maximum Gasteiger partial charge on any atom is 0.181 e. The molecule has 1 fully saturated rings. The zero-order valence-corrected chi connectivity index (χ0v) is 9.69. The smallest absolute Gasteiger partial charge is 0.181 e. The van der Waals surface area contributed by atoms with Gasteiger partial charge in [-0.15, -0.1) is 0 Å². The molecule has 1 saturated heterocycles. The number of benzene rings is 1. The fourth-order valence-electron chi connectivity index (χ4n) is 2.26. The Labute approximate surface area is 100 Å². The van der Waals surface area contributed by atoms with Crippen LogP contribution in [0.5, 0.6) is 0 Å². The fourth-order valence-corrected chi connectivity index (χ4v) is 2.26. The number of H-pyrrole nitrogens is 1. The van der Waals surface area contributed by atoms with Gasteiger partial charge >= 0.3 is 0 Å². The first-order chi connectivity index (χ1) is 8.43. The molecule has 1 aromatic carbocycles. The Bertz CT molecular complexity index is 471. The van der Waals surface area contributed by atoms with Crippen molar-refractivity contribution in [3.8, 4) is 11.4 Å². The SMILES string of the molecule is c1ccc(-c2n[nH]c([C@H]3CCCNC3)n2)cc1. The van der Waals surface area contributed by atoms with Crippen LogP contribution in [0.25, 0.3) is 11.4 Å². The van der Waals surface area contributed by atoms with Crippen molar-refractivity contribution in [1.82, 2.24) is 20.5 Å². The van der Waals surface area contributed by atoms with Crippen LogP contribution < -0.4 is 5.32 Å². The Hall–Kier alpha value is -1.68. The van der Waals surface area contributed by atoms with Crippen molar-refractivity contribution in [2.24, 2.45) is 0 Å². The van der Waals surface area contributed by atoms with Crippen molar-refractivity contribution >= 4 is 0 Å². The van der Waals surface area contributed by atoms with Crippen LogP contribution in [0.15, 0.2) is 30.3 Å². The molecule has 0 radical (unpaired) electrons. The molecule has 1 aromatic heterocycles. The van der Waals surface area contributed by atoms with Crippen molar-refractivity contribution in [2.45, 2.75) is 18.8 Å². The van der Waals surface area contributed by atoms with Gasteiger partial charge in [-0.3, -0.25) is 5.10 Å². The van der Waals surface area contributed by atoms with Gasteiger partial charge in [-0.1, -0.05) is 30.3 Å². The lowest BCUT2D eigenvalue weighted by molar-refractivity contribution is 0.447. The zero-order valence-electron chi connectivity index (χ0n) is 9.69. The molecule has 2 aromatic rings. The molecule has 0 unspecified atom stereocenters. The minimum absolute atomic E-state index is 0.480. The van der Waals surface area contributed by atoms with E-state index in [9.17, 15) is 0 Å². The zero-order chi connectivity index (χ0) is 11.5. The predicted octanol–water partition coefficient (Wildman–Crippen LogP) is 1.94. The summed E-state index contributed by atoms with van der Waals surface area (Å²) in [6, 6.07) is 10.1. The van der Waals surface area contributed by atoms with Gasteiger partial charge in [-0.05, 0) is 19.4 Å². The van der Waals surface area contributed by atoms with Crippen LogP contribution in [0.3, 0.4) is 0 Å². The van der Waals surface area contributed by atoms with E-state index in [-0.39, 0.29) is 0 Å². The van der Waals surface area contributed by atoms with E-state index in [1.807, 2.05) is 30.3 Å². The van der Waals surface area contributed by atoms with E-state index < -0.39 is 0 Å². The lowest BCUT2D eigenvalue weighted by Crippen LogP contribution is -2.28. The summed E-state index contributed by atoms with van der Waals surface area (Å²) in [6.07, 6.45) is 2.41. The van der Waals surface area contributed by atoms with Crippen LogP contribution in [-0.2, 0) is 0 Å². The normalized spacial score (nSPS) is 20.4. The van der Waals surface area contributed by atoms with Gasteiger partial charge in [0, 0.05) is 18.0 Å². The molecule has 1 aliphatic rings. The van der Waals surface area contributed by atoms with Gasteiger partial charge in [-0.2, -0.15) is 5.10 Å². The van der Waals surface area contributed by atoms with Gasteiger partial charge in [0.05, 0.1) is 0 Å². The monoisotopic (exact) mass is 228 g/mol. The van der Waals surface area contributed by atoms with Crippen molar-refractivity contribution in [1.29, 1.82) is 0 Å². The topological polar surface area (TPSA) is 53.6 Å². The molecule has 0 spiro atoms. The molecule has 17 heavy (non-hydrogen) atoms. The van der Waals surface area contributed by atoms with Crippen LogP contribution in [0, 0.1) is 0 Å². The standard InChI is InChI=1S/C13H16N4/c1-2-5-10(6-3-1)12-15-13(17-16-12)11-7-4-8-14-9-11/h1-3,5-6,11,14H,4,7-9H2,(H,15,16,17)/t11-/m0/s1. The molecule has 2 heterocycles. The maximum atomic E-state index is 4.60. The number of aromatic nitrogens is 3. The molecule has 4 heteroatoms. The average molecular weight is 228 g/mol. The van der Waals surface area contributed by atoms with E-state index in [0.717, 1.165) is 30.3 Å². The van der Waals surface area contributed by atoms with Gasteiger partial charge in [-0.25, -0.2) is 4.98 Å². The highest BCUT2D eigenvalue weighted by atomic mass is 15.2.